The van der Waals surface area contributed by atoms with Gasteiger partial charge in [-0.1, -0.05) is 11.6 Å². The number of aromatic nitrogens is 3. The first-order valence-electron chi connectivity index (χ1n) is 5.17. The van der Waals surface area contributed by atoms with Gasteiger partial charge in [0.2, 0.25) is 0 Å². The summed E-state index contributed by atoms with van der Waals surface area (Å²) in [6.45, 7) is 3.72. The first-order valence-corrected chi connectivity index (χ1v) is 5.17. The lowest BCUT2D eigenvalue weighted by molar-refractivity contribution is 0.620. The summed E-state index contributed by atoms with van der Waals surface area (Å²) in [6.07, 6.45) is 2.96. The fraction of sp³-hybridized carbons (Fsp3) is 0.600. The van der Waals surface area contributed by atoms with Crippen LogP contribution in [0.4, 0.5) is 0 Å². The molecular weight excluding hydrogens is 190 g/mol. The lowest BCUT2D eigenvalue weighted by atomic mass is 10.1. The fourth-order valence-electron chi connectivity index (χ4n) is 1.75. The zero-order chi connectivity index (χ0) is 10.8. The Balaban J connectivity index is 2.12. The minimum atomic E-state index is 0.128. The van der Waals surface area contributed by atoms with Crippen LogP contribution < -0.4 is 11.1 Å². The van der Waals surface area contributed by atoms with Crippen molar-refractivity contribution in [1.82, 2.24) is 20.1 Å². The second-order valence-corrected chi connectivity index (χ2v) is 4.02. The molecule has 0 radical (unpaired) electrons. The van der Waals surface area contributed by atoms with Crippen LogP contribution in [0.25, 0.3) is 0 Å². The highest BCUT2D eigenvalue weighted by molar-refractivity contribution is 5.17. The van der Waals surface area contributed by atoms with E-state index >= 15 is 0 Å². The topological polar surface area (TPSA) is 68.8 Å². The molecule has 0 aliphatic carbocycles. The SMILES string of the molecule is Cc1nnc(CC2=CC(N)CNC2)n1C. The van der Waals surface area contributed by atoms with E-state index < -0.39 is 0 Å². The molecule has 1 aromatic heterocycles. The van der Waals surface area contributed by atoms with Crippen molar-refractivity contribution in [2.75, 3.05) is 13.1 Å². The Labute approximate surface area is 89.4 Å². The number of rotatable bonds is 2. The number of nitrogens with two attached hydrogens (primary N) is 1. The molecule has 1 aromatic rings. The zero-order valence-electron chi connectivity index (χ0n) is 9.20. The molecule has 0 amide bonds. The van der Waals surface area contributed by atoms with Gasteiger partial charge in [-0.2, -0.15) is 0 Å². The maximum Gasteiger partial charge on any atom is 0.136 e. The molecule has 0 saturated heterocycles. The average molecular weight is 207 g/mol. The van der Waals surface area contributed by atoms with Gasteiger partial charge in [0.1, 0.15) is 11.6 Å². The highest BCUT2D eigenvalue weighted by atomic mass is 15.3. The quantitative estimate of drug-likeness (QED) is 0.643. The van der Waals surface area contributed by atoms with E-state index in [0.717, 1.165) is 31.2 Å². The van der Waals surface area contributed by atoms with Crippen molar-refractivity contribution in [2.45, 2.75) is 19.4 Å². The minimum absolute atomic E-state index is 0.128. The summed E-state index contributed by atoms with van der Waals surface area (Å²) >= 11 is 0. The summed E-state index contributed by atoms with van der Waals surface area (Å²) in [4.78, 5) is 0. The highest BCUT2D eigenvalue weighted by Crippen LogP contribution is 2.08. The molecule has 0 saturated carbocycles. The normalized spacial score (nSPS) is 21.5. The smallest absolute Gasteiger partial charge is 0.136 e. The van der Waals surface area contributed by atoms with Crippen molar-refractivity contribution in [2.24, 2.45) is 12.8 Å². The van der Waals surface area contributed by atoms with Gasteiger partial charge in [0.05, 0.1) is 0 Å². The van der Waals surface area contributed by atoms with E-state index in [9.17, 15) is 0 Å². The molecule has 1 aliphatic rings. The van der Waals surface area contributed by atoms with Crippen LogP contribution in [0.2, 0.25) is 0 Å². The Hall–Kier alpha value is -1.20. The maximum atomic E-state index is 5.84. The Morgan fingerprint density at radius 1 is 1.60 bits per heavy atom. The Kier molecular flexibility index (Phi) is 2.83. The minimum Gasteiger partial charge on any atom is -0.323 e. The monoisotopic (exact) mass is 207 g/mol. The van der Waals surface area contributed by atoms with E-state index in [0.29, 0.717) is 0 Å². The largest absolute Gasteiger partial charge is 0.323 e. The third-order valence-electron chi connectivity index (χ3n) is 2.75. The van der Waals surface area contributed by atoms with Gasteiger partial charge in [-0.25, -0.2) is 0 Å². The van der Waals surface area contributed by atoms with Gasteiger partial charge in [-0.05, 0) is 6.92 Å². The number of aryl methyl sites for hydroxylation is 1. The first kappa shape index (κ1) is 10.3. The maximum absolute atomic E-state index is 5.84. The Bertz CT molecular complexity index is 379. The van der Waals surface area contributed by atoms with E-state index in [1.165, 1.54) is 5.57 Å². The third-order valence-corrected chi connectivity index (χ3v) is 2.75. The van der Waals surface area contributed by atoms with E-state index in [2.05, 4.69) is 21.6 Å². The lowest BCUT2D eigenvalue weighted by Crippen LogP contribution is -2.38. The van der Waals surface area contributed by atoms with Gasteiger partial charge in [0, 0.05) is 32.6 Å². The van der Waals surface area contributed by atoms with Crippen LogP contribution >= 0.6 is 0 Å². The van der Waals surface area contributed by atoms with Gasteiger partial charge in [0.15, 0.2) is 0 Å². The van der Waals surface area contributed by atoms with Crippen molar-refractivity contribution in [3.63, 3.8) is 0 Å². The van der Waals surface area contributed by atoms with Crippen LogP contribution in [0.5, 0.6) is 0 Å². The second kappa shape index (κ2) is 4.12. The van der Waals surface area contributed by atoms with Crippen LogP contribution in [0, 0.1) is 6.92 Å². The summed E-state index contributed by atoms with van der Waals surface area (Å²) in [7, 11) is 1.99. The summed E-state index contributed by atoms with van der Waals surface area (Å²) in [5.41, 5.74) is 7.14. The molecule has 5 heteroatoms. The van der Waals surface area contributed by atoms with E-state index in [1.807, 2.05) is 18.5 Å². The highest BCUT2D eigenvalue weighted by Gasteiger charge is 2.12. The number of hydrogen-bond acceptors (Lipinski definition) is 4. The first-order chi connectivity index (χ1) is 7.16. The second-order valence-electron chi connectivity index (χ2n) is 4.02. The predicted octanol–water partition coefficient (Wildman–Crippen LogP) is -0.477. The summed E-state index contributed by atoms with van der Waals surface area (Å²) < 4.78 is 2.01. The van der Waals surface area contributed by atoms with Crippen molar-refractivity contribution >= 4 is 0 Å². The molecule has 0 aromatic carbocycles. The standard InChI is InChI=1S/C10H17N5/c1-7-13-14-10(15(7)2)4-8-3-9(11)6-12-5-8/h3,9,12H,4-6,11H2,1-2H3. The number of nitrogens with zero attached hydrogens (tertiary/aromatic N) is 3. The third kappa shape index (κ3) is 2.24. The summed E-state index contributed by atoms with van der Waals surface area (Å²) in [5, 5.41) is 11.5. The van der Waals surface area contributed by atoms with Gasteiger partial charge >= 0.3 is 0 Å². The van der Waals surface area contributed by atoms with E-state index in [1.54, 1.807) is 0 Å². The van der Waals surface area contributed by atoms with E-state index in [-0.39, 0.29) is 6.04 Å². The molecule has 2 rings (SSSR count). The van der Waals surface area contributed by atoms with Crippen LogP contribution in [0.15, 0.2) is 11.6 Å². The molecule has 5 nitrogen and oxygen atoms in total. The molecular formula is C10H17N5. The van der Waals surface area contributed by atoms with Crippen molar-refractivity contribution in [3.05, 3.63) is 23.3 Å². The molecule has 0 fully saturated rings. The van der Waals surface area contributed by atoms with Crippen LogP contribution in [-0.2, 0) is 13.5 Å². The Morgan fingerprint density at radius 3 is 3.00 bits per heavy atom. The fourth-order valence-corrected chi connectivity index (χ4v) is 1.75. The van der Waals surface area contributed by atoms with Crippen LogP contribution in [0.3, 0.4) is 0 Å². The summed E-state index contributed by atoms with van der Waals surface area (Å²) in [6, 6.07) is 0.128. The molecule has 3 N–H and O–H groups in total. The lowest BCUT2D eigenvalue weighted by Gasteiger charge is -2.18. The molecule has 0 bridgehead atoms. The van der Waals surface area contributed by atoms with Crippen LogP contribution in [-0.4, -0.2) is 33.9 Å². The molecule has 1 atom stereocenters. The summed E-state index contributed by atoms with van der Waals surface area (Å²) in [5.74, 6) is 1.94. The number of hydrogen-bond donors (Lipinski definition) is 2. The van der Waals surface area contributed by atoms with Crippen molar-refractivity contribution in [3.8, 4) is 0 Å². The van der Waals surface area contributed by atoms with Crippen molar-refractivity contribution < 1.29 is 0 Å². The Morgan fingerprint density at radius 2 is 2.40 bits per heavy atom. The van der Waals surface area contributed by atoms with Gasteiger partial charge in [-0.3, -0.25) is 0 Å². The van der Waals surface area contributed by atoms with Gasteiger partial charge < -0.3 is 15.6 Å². The molecule has 0 spiro atoms. The van der Waals surface area contributed by atoms with E-state index in [4.69, 9.17) is 5.73 Å². The van der Waals surface area contributed by atoms with Crippen molar-refractivity contribution in [1.29, 1.82) is 0 Å². The number of nitrogens with one attached hydrogen (secondary N) is 1. The molecule has 2 heterocycles. The van der Waals surface area contributed by atoms with Crippen LogP contribution in [0.1, 0.15) is 11.6 Å². The molecule has 15 heavy (non-hydrogen) atoms. The predicted molar refractivity (Wildman–Crippen MR) is 58.4 cm³/mol. The molecule has 1 aliphatic heterocycles. The molecule has 82 valence electrons. The van der Waals surface area contributed by atoms with Gasteiger partial charge in [-0.15, -0.1) is 10.2 Å². The molecule has 1 unspecified atom stereocenters. The zero-order valence-corrected chi connectivity index (χ0v) is 9.20. The van der Waals surface area contributed by atoms with Gasteiger partial charge in [0.25, 0.3) is 0 Å². The average Bonchev–Trinajstić information content (AvgIpc) is 2.50.